The van der Waals surface area contributed by atoms with Crippen LogP contribution in [-0.2, 0) is 14.4 Å². The smallest absolute Gasteiger partial charge is 0.263 e. The first-order valence-corrected chi connectivity index (χ1v) is 14.6. The van der Waals surface area contributed by atoms with Gasteiger partial charge in [-0.25, -0.2) is 9.67 Å². The molecule has 2 aliphatic heterocycles. The van der Waals surface area contributed by atoms with Crippen LogP contribution < -0.4 is 21.8 Å². The maximum Gasteiger partial charge on any atom is 0.263 e. The summed E-state index contributed by atoms with van der Waals surface area (Å²) in [6.45, 7) is 10.8. The van der Waals surface area contributed by atoms with Crippen LogP contribution in [0.25, 0.3) is 5.69 Å². The molecule has 0 spiro atoms. The second-order valence-corrected chi connectivity index (χ2v) is 8.91. The van der Waals surface area contributed by atoms with E-state index in [1.807, 2.05) is 94.4 Å². The Hall–Kier alpha value is -4.91. The number of benzene rings is 3. The number of hydrogen-bond acceptors (Lipinski definition) is 10. The predicted molar refractivity (Wildman–Crippen MR) is 174 cm³/mol. The Morgan fingerprint density at radius 2 is 1.68 bits per heavy atom. The van der Waals surface area contributed by atoms with Crippen LogP contribution in [-0.4, -0.2) is 64.8 Å². The minimum atomic E-state index is -0.886. The first-order chi connectivity index (χ1) is 21.5. The number of nitrogens with zero attached hydrogens (tertiary/aromatic N) is 5. The molecule has 0 saturated carbocycles. The molecule has 0 aliphatic carbocycles. The van der Waals surface area contributed by atoms with Gasteiger partial charge in [0.25, 0.3) is 5.91 Å². The molecule has 1 amide bonds. The quantitative estimate of drug-likeness (QED) is 0.154. The molecule has 4 aromatic rings. The molecule has 0 radical (unpaired) electrons. The second kappa shape index (κ2) is 17.3. The zero-order valence-electron chi connectivity index (χ0n) is 25.6. The molecule has 1 aromatic heterocycles. The largest absolute Gasteiger partial charge is 0.391 e. The molecule has 0 bridgehead atoms. The number of amides is 1. The molecular weight excluding hydrogens is 558 g/mol. The van der Waals surface area contributed by atoms with E-state index in [1.165, 1.54) is 6.33 Å². The van der Waals surface area contributed by atoms with E-state index in [4.69, 9.17) is 21.8 Å². The second-order valence-electron chi connectivity index (χ2n) is 8.91. The van der Waals surface area contributed by atoms with Gasteiger partial charge in [-0.15, -0.1) is 0 Å². The number of morpholine rings is 1. The van der Waals surface area contributed by atoms with Crippen LogP contribution in [0.4, 0.5) is 11.4 Å². The van der Waals surface area contributed by atoms with Crippen LogP contribution in [0, 0.1) is 5.41 Å². The highest BCUT2D eigenvalue weighted by atomic mass is 16.6. The lowest BCUT2D eigenvalue weighted by molar-refractivity contribution is -0.117. The number of nitrogens with two attached hydrogens (primary N) is 2. The van der Waals surface area contributed by atoms with E-state index in [9.17, 15) is 4.79 Å². The fourth-order valence-electron chi connectivity index (χ4n) is 4.42. The molecule has 6 N–H and O–H groups in total. The molecule has 232 valence electrons. The third-order valence-electron chi connectivity index (χ3n) is 6.40. The van der Waals surface area contributed by atoms with Crippen molar-refractivity contribution in [2.75, 3.05) is 36.5 Å². The van der Waals surface area contributed by atoms with Gasteiger partial charge in [0.1, 0.15) is 12.7 Å². The van der Waals surface area contributed by atoms with Gasteiger partial charge in [-0.05, 0) is 24.3 Å². The van der Waals surface area contributed by atoms with Crippen molar-refractivity contribution < 1.29 is 14.4 Å². The van der Waals surface area contributed by atoms with Gasteiger partial charge in [-0.3, -0.25) is 15.2 Å². The zero-order valence-corrected chi connectivity index (χ0v) is 25.6. The van der Waals surface area contributed by atoms with Crippen LogP contribution in [0.5, 0.6) is 0 Å². The van der Waals surface area contributed by atoms with Crippen LogP contribution in [0.2, 0.25) is 0 Å². The lowest BCUT2D eigenvalue weighted by Gasteiger charge is -2.30. The summed E-state index contributed by atoms with van der Waals surface area (Å²) < 4.78 is 7.04. The third-order valence-corrected chi connectivity index (χ3v) is 6.40. The van der Waals surface area contributed by atoms with Crippen molar-refractivity contribution in [3.8, 4) is 5.69 Å². The SMILES string of the molecule is CC.CC.N=C(ON)c1ccc(-n2cncn2)cc1N1CCOCC1.NC1N=C(c2ccccc2)c2ccccc2NC1=O. The van der Waals surface area contributed by atoms with Gasteiger partial charge < -0.3 is 25.5 Å². The van der Waals surface area contributed by atoms with E-state index in [0.29, 0.717) is 18.8 Å². The lowest BCUT2D eigenvalue weighted by atomic mass is 10.0. The molecule has 12 heteroatoms. The number of aliphatic imine (C=N–C) groups is 1. The summed E-state index contributed by atoms with van der Waals surface area (Å²) in [5, 5.41) is 14.8. The summed E-state index contributed by atoms with van der Waals surface area (Å²) in [6, 6.07) is 22.9. The van der Waals surface area contributed by atoms with Gasteiger partial charge in [0, 0.05) is 24.2 Å². The summed E-state index contributed by atoms with van der Waals surface area (Å²) >= 11 is 0. The minimum absolute atomic E-state index is 0.0679. The van der Waals surface area contributed by atoms with Crippen LogP contribution in [0.3, 0.4) is 0 Å². The fraction of sp³-hybridized carbons (Fsp3) is 0.281. The number of carbonyl (C=O) groups is 1. The normalized spacial score (nSPS) is 15.2. The summed E-state index contributed by atoms with van der Waals surface area (Å²) in [5.41, 5.74) is 11.5. The number of carbonyl (C=O) groups excluding carboxylic acids is 1. The lowest BCUT2D eigenvalue weighted by Crippen LogP contribution is -2.37. The Bertz CT molecular complexity index is 1500. The first kappa shape index (κ1) is 33.6. The van der Waals surface area contributed by atoms with Crippen molar-refractivity contribution >= 4 is 28.9 Å². The van der Waals surface area contributed by atoms with E-state index in [1.54, 1.807) is 17.1 Å². The van der Waals surface area contributed by atoms with Crippen molar-refractivity contribution in [3.05, 3.63) is 102 Å². The predicted octanol–water partition coefficient (Wildman–Crippen LogP) is 4.13. The Morgan fingerprint density at radius 1 is 1.00 bits per heavy atom. The molecule has 3 aromatic carbocycles. The maximum atomic E-state index is 11.8. The Balaban J connectivity index is 0.000000217. The highest BCUT2D eigenvalue weighted by Gasteiger charge is 2.22. The molecule has 6 rings (SSSR count). The number of para-hydroxylation sites is 1. The highest BCUT2D eigenvalue weighted by molar-refractivity contribution is 6.19. The van der Waals surface area contributed by atoms with Gasteiger partial charge in [0.15, 0.2) is 6.17 Å². The number of rotatable bonds is 4. The number of fused-ring (bicyclic) bond motifs is 1. The number of hydrogen-bond donors (Lipinski definition) is 4. The minimum Gasteiger partial charge on any atom is -0.391 e. The van der Waals surface area contributed by atoms with Crippen molar-refractivity contribution in [2.45, 2.75) is 33.9 Å². The monoisotopic (exact) mass is 599 g/mol. The number of ether oxygens (including phenoxy) is 1. The van der Waals surface area contributed by atoms with E-state index in [2.05, 4.69) is 30.1 Å². The fourth-order valence-corrected chi connectivity index (χ4v) is 4.42. The van der Waals surface area contributed by atoms with E-state index in [0.717, 1.165) is 47.0 Å². The summed E-state index contributed by atoms with van der Waals surface area (Å²) in [5.74, 6) is 4.78. The Morgan fingerprint density at radius 3 is 2.34 bits per heavy atom. The van der Waals surface area contributed by atoms with Gasteiger partial charge >= 0.3 is 0 Å². The molecular formula is C32H41N9O3. The molecule has 44 heavy (non-hydrogen) atoms. The molecule has 1 fully saturated rings. The van der Waals surface area contributed by atoms with Crippen molar-refractivity contribution in [1.29, 1.82) is 5.41 Å². The molecule has 1 saturated heterocycles. The van der Waals surface area contributed by atoms with Crippen molar-refractivity contribution in [3.63, 3.8) is 0 Å². The average Bonchev–Trinajstić information content (AvgIpc) is 3.61. The molecule has 1 unspecified atom stereocenters. The van der Waals surface area contributed by atoms with Gasteiger partial charge in [0.05, 0.1) is 41.6 Å². The summed E-state index contributed by atoms with van der Waals surface area (Å²) in [4.78, 5) is 26.8. The number of aromatic nitrogens is 3. The van der Waals surface area contributed by atoms with Gasteiger partial charge in [-0.1, -0.05) is 76.2 Å². The molecule has 3 heterocycles. The van der Waals surface area contributed by atoms with Crippen LogP contribution >= 0.6 is 0 Å². The average molecular weight is 600 g/mol. The van der Waals surface area contributed by atoms with E-state index >= 15 is 0 Å². The summed E-state index contributed by atoms with van der Waals surface area (Å²) in [6.07, 6.45) is 2.22. The van der Waals surface area contributed by atoms with Crippen LogP contribution in [0.15, 0.2) is 90.4 Å². The molecule has 12 nitrogen and oxygen atoms in total. The standard InChI is InChI=1S/C15H13N3O.C13H16N6O2.2C2H6/c16-14-15(19)17-12-9-5-4-8-11(12)13(18-14)10-6-2-1-3-7-10;14-13(21-15)11-2-1-10(19-9-16-8-17-19)7-12(11)18-3-5-20-6-4-18;2*1-2/h1-9,14H,16H2,(H,17,19);1-2,7-9,14H,3-6,15H2;2*1-2H3. The van der Waals surface area contributed by atoms with Gasteiger partial charge in [0.2, 0.25) is 5.90 Å². The van der Waals surface area contributed by atoms with E-state index in [-0.39, 0.29) is 11.8 Å². The van der Waals surface area contributed by atoms with E-state index < -0.39 is 6.17 Å². The third kappa shape index (κ3) is 8.34. The van der Waals surface area contributed by atoms with Gasteiger partial charge in [-0.2, -0.15) is 11.0 Å². The topological polar surface area (TPSA) is 170 Å². The number of nitrogens with one attached hydrogen (secondary N) is 2. The first-order valence-electron chi connectivity index (χ1n) is 14.6. The Labute approximate surface area is 258 Å². The highest BCUT2D eigenvalue weighted by Crippen LogP contribution is 2.26. The maximum absolute atomic E-state index is 11.8. The zero-order chi connectivity index (χ0) is 31.9. The Kier molecular flexibility index (Phi) is 13.2. The van der Waals surface area contributed by atoms with Crippen molar-refractivity contribution in [1.82, 2.24) is 14.8 Å². The van der Waals surface area contributed by atoms with Crippen molar-refractivity contribution in [2.24, 2.45) is 16.6 Å². The summed E-state index contributed by atoms with van der Waals surface area (Å²) in [7, 11) is 0. The molecule has 2 aliphatic rings. The number of benzodiazepines with no additional fused rings is 1. The molecule has 1 atom stereocenters. The number of anilines is 2. The van der Waals surface area contributed by atoms with Crippen LogP contribution in [0.1, 0.15) is 44.4 Å².